The Bertz CT molecular complexity index is 779. The molecule has 1 aromatic rings. The molecule has 0 spiro atoms. The van der Waals surface area contributed by atoms with Gasteiger partial charge in [0.1, 0.15) is 11.8 Å². The van der Waals surface area contributed by atoms with Crippen molar-refractivity contribution in [2.45, 2.75) is 18.9 Å². The number of benzene rings is 1. The maximum atomic E-state index is 11.6. The number of carbonyl (C=O) groups is 2. The molecule has 0 aromatic heterocycles. The molecule has 1 heterocycles. The molecule has 6 nitrogen and oxygen atoms in total. The van der Waals surface area contributed by atoms with E-state index in [0.717, 1.165) is 10.4 Å². The Balaban J connectivity index is 1.81. The van der Waals surface area contributed by atoms with Gasteiger partial charge in [0.05, 0.1) is 5.71 Å². The van der Waals surface area contributed by atoms with Gasteiger partial charge in [-0.15, -0.1) is 0 Å². The van der Waals surface area contributed by atoms with Gasteiger partial charge in [-0.05, 0) is 29.0 Å². The molecule has 0 radical (unpaired) electrons. The fourth-order valence-corrected chi connectivity index (χ4v) is 2.28. The van der Waals surface area contributed by atoms with Crippen LogP contribution >= 0.6 is 0 Å². The summed E-state index contributed by atoms with van der Waals surface area (Å²) in [7, 11) is 0. The van der Waals surface area contributed by atoms with Crippen molar-refractivity contribution in [3.8, 4) is 0 Å². The lowest BCUT2D eigenvalue weighted by atomic mass is 10.0. The second-order valence-electron chi connectivity index (χ2n) is 4.96. The van der Waals surface area contributed by atoms with Crippen molar-refractivity contribution < 1.29 is 9.59 Å². The molecule has 1 unspecified atom stereocenters. The van der Waals surface area contributed by atoms with E-state index in [9.17, 15) is 9.59 Å². The minimum Gasteiger partial charge on any atom is -0.299 e. The van der Waals surface area contributed by atoms with Gasteiger partial charge in [-0.1, -0.05) is 24.3 Å². The Labute approximate surface area is 120 Å². The van der Waals surface area contributed by atoms with Gasteiger partial charge < -0.3 is 0 Å². The number of hydrazone groups is 1. The van der Waals surface area contributed by atoms with Crippen molar-refractivity contribution in [3.05, 3.63) is 34.7 Å². The first kappa shape index (κ1) is 13.2. The van der Waals surface area contributed by atoms with Crippen molar-refractivity contribution in [1.82, 2.24) is 10.7 Å². The summed E-state index contributed by atoms with van der Waals surface area (Å²) >= 11 is 0. The number of hydrogen-bond acceptors (Lipinski definition) is 5. The third-order valence-corrected chi connectivity index (χ3v) is 3.44. The van der Waals surface area contributed by atoms with Gasteiger partial charge >= 0.3 is 0 Å². The van der Waals surface area contributed by atoms with Gasteiger partial charge in [0.15, 0.2) is 0 Å². The van der Waals surface area contributed by atoms with Crippen molar-refractivity contribution in [3.63, 3.8) is 0 Å². The molecule has 1 atom stereocenters. The molecule has 2 amide bonds. The Morgan fingerprint density at radius 1 is 1.19 bits per heavy atom. The quantitative estimate of drug-likeness (QED) is 0.481. The first-order chi connectivity index (χ1) is 10.1. The molecular weight excluding hydrogens is 268 g/mol. The van der Waals surface area contributed by atoms with Crippen LogP contribution in [0.5, 0.6) is 0 Å². The van der Waals surface area contributed by atoms with Crippen LogP contribution < -0.4 is 21.2 Å². The van der Waals surface area contributed by atoms with Crippen molar-refractivity contribution in [2.24, 2.45) is 5.10 Å². The first-order valence-corrected chi connectivity index (χ1v) is 6.68. The smallest absolute Gasteiger partial charge is 0.250 e. The van der Waals surface area contributed by atoms with Crippen LogP contribution in [0.2, 0.25) is 0 Å². The largest absolute Gasteiger partial charge is 0.299 e. The highest BCUT2D eigenvalue weighted by molar-refractivity contribution is 6.60. The van der Waals surface area contributed by atoms with Gasteiger partial charge in [0, 0.05) is 6.42 Å². The number of imide groups is 1. The van der Waals surface area contributed by atoms with E-state index in [1.54, 1.807) is 12.2 Å². The molecule has 2 aliphatic rings. The number of nitrogens with zero attached hydrogens (tertiary/aromatic N) is 1. The molecule has 0 bridgehead atoms. The van der Waals surface area contributed by atoms with E-state index in [4.69, 9.17) is 5.41 Å². The summed E-state index contributed by atoms with van der Waals surface area (Å²) in [5.74, 6) is -0.632. The highest BCUT2D eigenvalue weighted by Crippen LogP contribution is 2.04. The second kappa shape index (κ2) is 5.32. The number of fused-ring (bicyclic) bond motifs is 1. The minimum absolute atomic E-state index is 0.259. The SMILES string of the molecule is N=C1C=c2ccccc2=C/C1=N/NC1CCC(=O)NC1=O. The van der Waals surface area contributed by atoms with Gasteiger partial charge in [0.2, 0.25) is 5.91 Å². The van der Waals surface area contributed by atoms with E-state index in [1.165, 1.54) is 0 Å². The number of hydrogen-bond donors (Lipinski definition) is 3. The summed E-state index contributed by atoms with van der Waals surface area (Å²) in [6, 6.07) is 7.18. The Morgan fingerprint density at radius 3 is 2.62 bits per heavy atom. The van der Waals surface area contributed by atoms with E-state index in [0.29, 0.717) is 18.6 Å². The summed E-state index contributed by atoms with van der Waals surface area (Å²) in [6.45, 7) is 0. The summed E-state index contributed by atoms with van der Waals surface area (Å²) in [5, 5.41) is 16.3. The van der Waals surface area contributed by atoms with Crippen LogP contribution in [0, 0.1) is 5.41 Å². The number of carbonyl (C=O) groups excluding carboxylic acids is 2. The fourth-order valence-electron chi connectivity index (χ4n) is 2.28. The number of piperidine rings is 1. The fraction of sp³-hybridized carbons (Fsp3) is 0.200. The second-order valence-corrected chi connectivity index (χ2v) is 4.96. The third kappa shape index (κ3) is 2.74. The molecule has 3 rings (SSSR count). The van der Waals surface area contributed by atoms with Crippen LogP contribution in [-0.4, -0.2) is 29.3 Å². The van der Waals surface area contributed by atoms with E-state index in [2.05, 4.69) is 15.8 Å². The standard InChI is InChI=1S/C15H14N4O2/c16-11-7-9-3-1-2-4-10(9)8-13(11)19-18-12-5-6-14(20)17-15(12)21/h1-4,7-8,12,16,18H,5-6H2,(H,17,20,21)/b16-11?,19-13-. The van der Waals surface area contributed by atoms with Gasteiger partial charge in [-0.25, -0.2) is 0 Å². The maximum Gasteiger partial charge on any atom is 0.250 e. The molecule has 106 valence electrons. The van der Waals surface area contributed by atoms with Gasteiger partial charge in [-0.2, -0.15) is 5.10 Å². The molecule has 0 saturated carbocycles. The lowest BCUT2D eigenvalue weighted by molar-refractivity contribution is -0.134. The number of nitrogens with one attached hydrogen (secondary N) is 3. The summed E-state index contributed by atoms with van der Waals surface area (Å²) in [4.78, 5) is 22.7. The van der Waals surface area contributed by atoms with Crippen molar-refractivity contribution in [2.75, 3.05) is 0 Å². The normalized spacial score (nSPS) is 23.0. The molecular formula is C15H14N4O2. The summed E-state index contributed by atoms with van der Waals surface area (Å²) in [6.07, 6.45) is 4.25. The molecule has 6 heteroatoms. The van der Waals surface area contributed by atoms with E-state index >= 15 is 0 Å². The lowest BCUT2D eigenvalue weighted by Gasteiger charge is -2.20. The monoisotopic (exact) mass is 282 g/mol. The molecule has 1 aromatic carbocycles. The molecule has 1 aliphatic heterocycles. The highest BCUT2D eigenvalue weighted by Gasteiger charge is 2.26. The highest BCUT2D eigenvalue weighted by atomic mass is 16.2. The molecule has 1 aliphatic carbocycles. The zero-order chi connectivity index (χ0) is 14.8. The van der Waals surface area contributed by atoms with Crippen LogP contribution in [0.3, 0.4) is 0 Å². The molecule has 21 heavy (non-hydrogen) atoms. The summed E-state index contributed by atoms with van der Waals surface area (Å²) < 4.78 is 0. The van der Waals surface area contributed by atoms with Crippen LogP contribution in [0.1, 0.15) is 12.8 Å². The van der Waals surface area contributed by atoms with Crippen molar-refractivity contribution >= 4 is 35.4 Å². The molecule has 1 saturated heterocycles. The predicted octanol–water partition coefficient (Wildman–Crippen LogP) is -0.968. The molecule has 1 fully saturated rings. The van der Waals surface area contributed by atoms with Gasteiger partial charge in [0.25, 0.3) is 5.91 Å². The van der Waals surface area contributed by atoms with Crippen LogP contribution in [0.25, 0.3) is 12.2 Å². The number of amides is 2. The molecule has 3 N–H and O–H groups in total. The Morgan fingerprint density at radius 2 is 1.90 bits per heavy atom. The average molecular weight is 282 g/mol. The topological polar surface area (TPSA) is 94.4 Å². The van der Waals surface area contributed by atoms with E-state index in [-0.39, 0.29) is 17.5 Å². The van der Waals surface area contributed by atoms with E-state index < -0.39 is 6.04 Å². The van der Waals surface area contributed by atoms with Crippen molar-refractivity contribution in [1.29, 1.82) is 5.41 Å². The minimum atomic E-state index is -0.534. The predicted molar refractivity (Wildman–Crippen MR) is 79.1 cm³/mol. The van der Waals surface area contributed by atoms with Gasteiger partial charge in [-0.3, -0.25) is 25.7 Å². The Kier molecular flexibility index (Phi) is 3.35. The van der Waals surface area contributed by atoms with E-state index in [1.807, 2.05) is 24.3 Å². The van der Waals surface area contributed by atoms with Crippen LogP contribution in [0.15, 0.2) is 29.4 Å². The zero-order valence-corrected chi connectivity index (χ0v) is 11.2. The van der Waals surface area contributed by atoms with Crippen LogP contribution in [-0.2, 0) is 9.59 Å². The summed E-state index contributed by atoms with van der Waals surface area (Å²) in [5.41, 5.74) is 3.51. The number of rotatable bonds is 2. The third-order valence-electron chi connectivity index (χ3n) is 3.44. The average Bonchev–Trinajstić information content (AvgIpc) is 2.46. The Hall–Kier alpha value is -2.76. The maximum absolute atomic E-state index is 11.6. The van der Waals surface area contributed by atoms with Crippen LogP contribution in [0.4, 0.5) is 0 Å². The zero-order valence-electron chi connectivity index (χ0n) is 11.2. The first-order valence-electron chi connectivity index (χ1n) is 6.68. The lowest BCUT2D eigenvalue weighted by Crippen LogP contribution is -2.49.